The second-order valence-corrected chi connectivity index (χ2v) is 7.41. The number of amides is 1. The van der Waals surface area contributed by atoms with Gasteiger partial charge in [0.1, 0.15) is 0 Å². The lowest BCUT2D eigenvalue weighted by Crippen LogP contribution is -2.23. The Morgan fingerprint density at radius 3 is 2.68 bits per heavy atom. The van der Waals surface area contributed by atoms with Crippen molar-refractivity contribution in [2.24, 2.45) is 0 Å². The number of carbonyl (C=O) groups is 1. The third-order valence-corrected chi connectivity index (χ3v) is 4.85. The lowest BCUT2D eigenvalue weighted by molar-refractivity contribution is -0.125. The van der Waals surface area contributed by atoms with Gasteiger partial charge < -0.3 is 14.4 Å². The number of hydrogen-bond donors (Lipinski definition) is 0. The molecule has 0 fully saturated rings. The Morgan fingerprint density at radius 2 is 2.08 bits per heavy atom. The Balaban J connectivity index is 2.09. The second-order valence-electron chi connectivity index (χ2n) is 5.20. The fourth-order valence-electron chi connectivity index (χ4n) is 2.16. The molecule has 0 radical (unpaired) electrons. The van der Waals surface area contributed by atoms with Crippen LogP contribution in [0.4, 0.5) is 0 Å². The molecule has 1 aromatic carbocycles. The average molecular weight is 400 g/mol. The topological polar surface area (TPSA) is 38.8 Å². The van der Waals surface area contributed by atoms with Gasteiger partial charge in [-0.15, -0.1) is 11.3 Å². The van der Waals surface area contributed by atoms with Crippen molar-refractivity contribution in [3.8, 4) is 11.5 Å². The number of carbonyl (C=O) groups excluding carboxylic acids is 1. The maximum absolute atomic E-state index is 12.3. The molecule has 1 heterocycles. The Kier molecular flexibility index (Phi) is 7.17. The summed E-state index contributed by atoms with van der Waals surface area (Å²) < 4.78 is 11.5. The molecule has 4 nitrogen and oxygen atoms in total. The maximum atomic E-state index is 12.3. The van der Waals surface area contributed by atoms with E-state index in [4.69, 9.17) is 32.7 Å². The summed E-state index contributed by atoms with van der Waals surface area (Å²) in [7, 11) is 3.29. The SMILES string of the molecule is CCOc1c(Cl)cc(/C=C/C(=O)N(C)Cc2ccc(Cl)s2)cc1OC. The Morgan fingerprint density at radius 1 is 1.32 bits per heavy atom. The van der Waals surface area contributed by atoms with Crippen molar-refractivity contribution < 1.29 is 14.3 Å². The van der Waals surface area contributed by atoms with E-state index in [1.807, 2.05) is 19.1 Å². The summed E-state index contributed by atoms with van der Waals surface area (Å²) in [6.07, 6.45) is 3.20. The Bertz CT molecular complexity index is 774. The van der Waals surface area contributed by atoms with Crippen LogP contribution in [0.1, 0.15) is 17.4 Å². The second kappa shape index (κ2) is 9.13. The van der Waals surface area contributed by atoms with Gasteiger partial charge in [-0.3, -0.25) is 4.79 Å². The van der Waals surface area contributed by atoms with E-state index >= 15 is 0 Å². The van der Waals surface area contributed by atoms with Gasteiger partial charge in [0.25, 0.3) is 0 Å². The molecular weight excluding hydrogens is 381 g/mol. The number of benzene rings is 1. The predicted octanol–water partition coefficient (Wildman–Crippen LogP) is 5.13. The zero-order valence-electron chi connectivity index (χ0n) is 14.2. The highest BCUT2D eigenvalue weighted by molar-refractivity contribution is 7.16. The molecule has 0 aliphatic rings. The van der Waals surface area contributed by atoms with Crippen molar-refractivity contribution in [2.45, 2.75) is 13.5 Å². The third-order valence-electron chi connectivity index (χ3n) is 3.36. The first kappa shape index (κ1) is 19.6. The van der Waals surface area contributed by atoms with Gasteiger partial charge in [-0.1, -0.05) is 23.2 Å². The smallest absolute Gasteiger partial charge is 0.246 e. The molecule has 1 amide bonds. The standard InChI is InChI=1S/C18H19Cl2NO3S/c1-4-24-18-14(19)9-12(10-15(18)23-3)5-8-17(22)21(2)11-13-6-7-16(20)25-13/h5-10H,4,11H2,1-3H3/b8-5+. The minimum absolute atomic E-state index is 0.117. The number of hydrogen-bond acceptors (Lipinski definition) is 4. The molecule has 0 N–H and O–H groups in total. The van der Waals surface area contributed by atoms with E-state index in [9.17, 15) is 4.79 Å². The van der Waals surface area contributed by atoms with Crippen molar-refractivity contribution in [3.63, 3.8) is 0 Å². The zero-order chi connectivity index (χ0) is 18.4. The molecule has 0 aliphatic carbocycles. The first-order valence-electron chi connectivity index (χ1n) is 7.62. The van der Waals surface area contributed by atoms with Crippen molar-refractivity contribution in [1.29, 1.82) is 0 Å². The fourth-order valence-corrected chi connectivity index (χ4v) is 3.58. The molecule has 2 rings (SSSR count). The summed E-state index contributed by atoms with van der Waals surface area (Å²) in [5.74, 6) is 0.915. The van der Waals surface area contributed by atoms with Crippen LogP contribution in [0.2, 0.25) is 9.36 Å². The highest BCUT2D eigenvalue weighted by atomic mass is 35.5. The van der Waals surface area contributed by atoms with Crippen molar-refractivity contribution in [2.75, 3.05) is 20.8 Å². The van der Waals surface area contributed by atoms with Crippen molar-refractivity contribution in [3.05, 3.63) is 50.1 Å². The number of halogens is 2. The van der Waals surface area contributed by atoms with E-state index in [0.717, 1.165) is 10.4 Å². The number of thiophene rings is 1. The predicted molar refractivity (Wildman–Crippen MR) is 104 cm³/mol. The maximum Gasteiger partial charge on any atom is 0.246 e. The van der Waals surface area contributed by atoms with Gasteiger partial charge in [-0.05, 0) is 42.8 Å². The summed E-state index contributed by atoms with van der Waals surface area (Å²) in [6, 6.07) is 7.25. The molecule has 134 valence electrons. The molecular formula is C18H19Cl2NO3S. The zero-order valence-corrected chi connectivity index (χ0v) is 16.5. The van der Waals surface area contributed by atoms with Gasteiger partial charge in [0.05, 0.1) is 29.6 Å². The van der Waals surface area contributed by atoms with Crippen molar-refractivity contribution in [1.82, 2.24) is 4.90 Å². The molecule has 2 aromatic rings. The van der Waals surface area contributed by atoms with Crippen LogP contribution in [-0.4, -0.2) is 31.6 Å². The normalized spacial score (nSPS) is 10.9. The van der Waals surface area contributed by atoms with Gasteiger partial charge in [0, 0.05) is 18.0 Å². The van der Waals surface area contributed by atoms with Crippen LogP contribution >= 0.6 is 34.5 Å². The van der Waals surface area contributed by atoms with E-state index in [2.05, 4.69) is 0 Å². The lowest BCUT2D eigenvalue weighted by atomic mass is 10.2. The lowest BCUT2D eigenvalue weighted by Gasteiger charge is -2.14. The minimum Gasteiger partial charge on any atom is -0.493 e. The molecule has 0 bridgehead atoms. The van der Waals surface area contributed by atoms with Crippen LogP contribution < -0.4 is 9.47 Å². The van der Waals surface area contributed by atoms with Crippen LogP contribution in [0.3, 0.4) is 0 Å². The summed E-state index contributed by atoms with van der Waals surface area (Å²) >= 11 is 13.6. The summed E-state index contributed by atoms with van der Waals surface area (Å²) in [5, 5.41) is 0.440. The minimum atomic E-state index is -0.117. The molecule has 0 atom stereocenters. The van der Waals surface area contributed by atoms with E-state index in [-0.39, 0.29) is 5.91 Å². The Hall–Kier alpha value is -1.69. The van der Waals surface area contributed by atoms with E-state index < -0.39 is 0 Å². The highest BCUT2D eigenvalue weighted by Crippen LogP contribution is 2.36. The number of nitrogens with zero attached hydrogens (tertiary/aromatic N) is 1. The fraction of sp³-hybridized carbons (Fsp3) is 0.278. The number of likely N-dealkylation sites (N-methyl/N-ethyl adjacent to an activating group) is 1. The molecule has 25 heavy (non-hydrogen) atoms. The molecule has 1 aromatic heterocycles. The molecule has 0 unspecified atom stereocenters. The first-order valence-corrected chi connectivity index (χ1v) is 9.19. The van der Waals surface area contributed by atoms with Crippen LogP contribution in [0.25, 0.3) is 6.08 Å². The van der Waals surface area contributed by atoms with E-state index in [0.29, 0.717) is 34.0 Å². The first-order chi connectivity index (χ1) is 11.9. The largest absolute Gasteiger partial charge is 0.493 e. The van der Waals surface area contributed by atoms with Crippen LogP contribution in [0.5, 0.6) is 11.5 Å². The average Bonchev–Trinajstić information content (AvgIpc) is 2.99. The van der Waals surface area contributed by atoms with Gasteiger partial charge in [0.2, 0.25) is 5.91 Å². The van der Waals surface area contributed by atoms with Crippen LogP contribution in [-0.2, 0) is 11.3 Å². The monoisotopic (exact) mass is 399 g/mol. The van der Waals surface area contributed by atoms with Crippen LogP contribution in [0.15, 0.2) is 30.3 Å². The van der Waals surface area contributed by atoms with Gasteiger partial charge >= 0.3 is 0 Å². The number of ether oxygens (including phenoxy) is 2. The van der Waals surface area contributed by atoms with Crippen LogP contribution in [0, 0.1) is 0 Å². The van der Waals surface area contributed by atoms with Gasteiger partial charge in [-0.2, -0.15) is 0 Å². The molecule has 7 heteroatoms. The molecule has 0 aliphatic heterocycles. The quantitative estimate of drug-likeness (QED) is 0.605. The van der Waals surface area contributed by atoms with E-state index in [1.165, 1.54) is 17.4 Å². The Labute approximate surface area is 161 Å². The summed E-state index contributed by atoms with van der Waals surface area (Å²) in [5.41, 5.74) is 0.756. The highest BCUT2D eigenvalue weighted by Gasteiger charge is 2.11. The summed E-state index contributed by atoms with van der Waals surface area (Å²) in [6.45, 7) is 2.87. The summed E-state index contributed by atoms with van der Waals surface area (Å²) in [4.78, 5) is 14.9. The third kappa shape index (κ3) is 5.39. The van der Waals surface area contributed by atoms with Gasteiger partial charge in [0.15, 0.2) is 11.5 Å². The van der Waals surface area contributed by atoms with Crippen molar-refractivity contribution >= 4 is 46.5 Å². The number of methoxy groups -OCH3 is 1. The number of rotatable bonds is 7. The molecule has 0 spiro atoms. The molecule has 0 saturated heterocycles. The van der Waals surface area contributed by atoms with E-state index in [1.54, 1.807) is 37.3 Å². The molecule has 0 saturated carbocycles. The van der Waals surface area contributed by atoms with Gasteiger partial charge in [-0.25, -0.2) is 0 Å².